The molecule has 1 fully saturated rings. The molecule has 0 spiro atoms. The Morgan fingerprint density at radius 1 is 0.878 bits per heavy atom. The highest BCUT2D eigenvalue weighted by atomic mass is 16.2. The van der Waals surface area contributed by atoms with Crippen molar-refractivity contribution in [3.63, 3.8) is 0 Å². The van der Waals surface area contributed by atoms with E-state index in [1.807, 2.05) is 72.8 Å². The molecule has 0 aliphatic heterocycles. The second kappa shape index (κ2) is 13.0. The summed E-state index contributed by atoms with van der Waals surface area (Å²) in [7, 11) is 0. The van der Waals surface area contributed by atoms with Gasteiger partial charge in [-0.25, -0.2) is 0 Å². The van der Waals surface area contributed by atoms with Crippen molar-refractivity contribution in [2.45, 2.75) is 45.1 Å². The molecular weight excluding hydrogens is 510 g/mol. The van der Waals surface area contributed by atoms with E-state index in [-0.39, 0.29) is 11.8 Å². The van der Waals surface area contributed by atoms with Crippen LogP contribution in [0.4, 0.5) is 17.1 Å². The number of pyridine rings is 1. The Balaban J connectivity index is 1.26. The number of benzene rings is 3. The predicted molar refractivity (Wildman–Crippen MR) is 165 cm³/mol. The van der Waals surface area contributed by atoms with Gasteiger partial charge in [0.1, 0.15) is 6.04 Å². The van der Waals surface area contributed by atoms with E-state index in [0.717, 1.165) is 40.9 Å². The summed E-state index contributed by atoms with van der Waals surface area (Å²) in [4.78, 5) is 34.9. The van der Waals surface area contributed by atoms with E-state index in [9.17, 15) is 9.59 Å². The first-order valence-electron chi connectivity index (χ1n) is 14.1. The summed E-state index contributed by atoms with van der Waals surface area (Å²) >= 11 is 0. The lowest BCUT2D eigenvalue weighted by molar-refractivity contribution is -0.117. The zero-order chi connectivity index (χ0) is 28.6. The van der Waals surface area contributed by atoms with Crippen molar-refractivity contribution in [3.8, 4) is 11.1 Å². The van der Waals surface area contributed by atoms with Gasteiger partial charge < -0.3 is 16.4 Å². The number of nitrogens with one attached hydrogen (secondary N) is 2. The van der Waals surface area contributed by atoms with Crippen molar-refractivity contribution in [1.82, 2.24) is 10.3 Å². The third-order valence-corrected chi connectivity index (χ3v) is 7.49. The van der Waals surface area contributed by atoms with Crippen molar-refractivity contribution < 1.29 is 9.59 Å². The number of hydrogen-bond acceptors (Lipinski definition) is 5. The van der Waals surface area contributed by atoms with Gasteiger partial charge in [0.25, 0.3) is 5.91 Å². The maximum Gasteiger partial charge on any atom is 0.251 e. The lowest BCUT2D eigenvalue weighted by atomic mass is 9.82. The van der Waals surface area contributed by atoms with Gasteiger partial charge in [0, 0.05) is 40.8 Å². The number of carbonyl (C=O) groups is 2. The minimum atomic E-state index is -0.749. The number of aliphatic imine (C=N–C) groups is 1. The van der Waals surface area contributed by atoms with Gasteiger partial charge >= 0.3 is 0 Å². The fraction of sp³-hybridized carbons (Fsp3) is 0.235. The molecule has 0 saturated heterocycles. The van der Waals surface area contributed by atoms with E-state index in [0.29, 0.717) is 22.9 Å². The molecule has 1 aliphatic rings. The molecule has 0 bridgehead atoms. The summed E-state index contributed by atoms with van der Waals surface area (Å²) in [6.45, 7) is 1.66. The zero-order valence-corrected chi connectivity index (χ0v) is 23.2. The van der Waals surface area contributed by atoms with Crippen molar-refractivity contribution in [2.24, 2.45) is 10.9 Å². The molecule has 1 aromatic heterocycles. The van der Waals surface area contributed by atoms with Crippen LogP contribution in [0.5, 0.6) is 0 Å². The molecule has 1 heterocycles. The van der Waals surface area contributed by atoms with Crippen LogP contribution in [0.1, 0.15) is 54.9 Å². The van der Waals surface area contributed by atoms with Gasteiger partial charge in [-0.15, -0.1) is 0 Å². The summed E-state index contributed by atoms with van der Waals surface area (Å²) in [6, 6.07) is 25.9. The predicted octanol–water partition coefficient (Wildman–Crippen LogP) is 6.79. The number of nitrogens with zero attached hydrogens (tertiary/aromatic N) is 2. The maximum absolute atomic E-state index is 13.1. The van der Waals surface area contributed by atoms with E-state index < -0.39 is 6.04 Å². The molecule has 1 atom stereocenters. The summed E-state index contributed by atoms with van der Waals surface area (Å²) in [5, 5.41) is 5.65. The molecule has 1 saturated carbocycles. The maximum atomic E-state index is 13.1. The fourth-order valence-corrected chi connectivity index (χ4v) is 5.21. The zero-order valence-electron chi connectivity index (χ0n) is 23.2. The van der Waals surface area contributed by atoms with Gasteiger partial charge in [0.05, 0.1) is 11.4 Å². The number of nitrogen functional groups attached to an aromatic ring is 1. The molecule has 3 aromatic carbocycles. The van der Waals surface area contributed by atoms with E-state index >= 15 is 0 Å². The first-order valence-corrected chi connectivity index (χ1v) is 14.1. The van der Waals surface area contributed by atoms with Crippen LogP contribution in [-0.2, 0) is 4.79 Å². The van der Waals surface area contributed by atoms with Crippen LogP contribution >= 0.6 is 0 Å². The largest absolute Gasteiger partial charge is 0.398 e. The van der Waals surface area contributed by atoms with Gasteiger partial charge in [0.2, 0.25) is 5.91 Å². The topological polar surface area (TPSA) is 109 Å². The summed E-state index contributed by atoms with van der Waals surface area (Å²) in [5.41, 5.74) is 12.9. The number of anilines is 2. The van der Waals surface area contributed by atoms with E-state index in [1.165, 1.54) is 19.3 Å². The minimum Gasteiger partial charge on any atom is -0.398 e. The summed E-state index contributed by atoms with van der Waals surface area (Å²) < 4.78 is 0. The third-order valence-electron chi connectivity index (χ3n) is 7.49. The lowest BCUT2D eigenvalue weighted by Crippen LogP contribution is -2.41. The Bertz CT molecular complexity index is 1510. The van der Waals surface area contributed by atoms with Crippen molar-refractivity contribution in [1.29, 1.82) is 0 Å². The van der Waals surface area contributed by atoms with Gasteiger partial charge in [-0.3, -0.25) is 19.6 Å². The SMILES string of the molecule is CC(NC(=O)c1ccc(C(=Nc2ccccc2)C2CCCCC2)c(N)c1)C(=O)Nc1ccc(-c2ccncc2)cc1. The highest BCUT2D eigenvalue weighted by Crippen LogP contribution is 2.31. The van der Waals surface area contributed by atoms with Gasteiger partial charge in [0.15, 0.2) is 0 Å². The van der Waals surface area contributed by atoms with Gasteiger partial charge in [-0.1, -0.05) is 55.7 Å². The summed E-state index contributed by atoms with van der Waals surface area (Å²) in [6.07, 6.45) is 9.22. The Kier molecular flexibility index (Phi) is 8.84. The van der Waals surface area contributed by atoms with Crippen LogP contribution in [0.25, 0.3) is 11.1 Å². The van der Waals surface area contributed by atoms with E-state index in [1.54, 1.807) is 31.5 Å². The minimum absolute atomic E-state index is 0.311. The third kappa shape index (κ3) is 7.06. The first-order chi connectivity index (χ1) is 20.0. The molecule has 1 unspecified atom stereocenters. The molecule has 2 amide bonds. The Hall–Kier alpha value is -4.78. The molecule has 0 radical (unpaired) electrons. The fourth-order valence-electron chi connectivity index (χ4n) is 5.21. The van der Waals surface area contributed by atoms with Crippen LogP contribution in [-0.4, -0.2) is 28.6 Å². The Morgan fingerprint density at radius 3 is 2.24 bits per heavy atom. The molecule has 1 aliphatic carbocycles. The number of carbonyl (C=O) groups excluding carboxylic acids is 2. The molecule has 208 valence electrons. The number of amides is 2. The van der Waals surface area contributed by atoms with Crippen LogP contribution in [0, 0.1) is 5.92 Å². The quantitative estimate of drug-likeness (QED) is 0.167. The number of aromatic nitrogens is 1. The molecule has 7 heteroatoms. The molecular formula is C34H35N5O2. The smallest absolute Gasteiger partial charge is 0.251 e. The van der Waals surface area contributed by atoms with Crippen LogP contribution in [0.2, 0.25) is 0 Å². The Labute approximate surface area is 240 Å². The molecule has 4 aromatic rings. The number of rotatable bonds is 8. The lowest BCUT2D eigenvalue weighted by Gasteiger charge is -2.25. The average molecular weight is 546 g/mol. The average Bonchev–Trinajstić information content (AvgIpc) is 3.01. The van der Waals surface area contributed by atoms with Gasteiger partial charge in [-0.2, -0.15) is 0 Å². The monoisotopic (exact) mass is 545 g/mol. The second-order valence-electron chi connectivity index (χ2n) is 10.5. The molecule has 4 N–H and O–H groups in total. The van der Waals surface area contributed by atoms with Crippen LogP contribution in [0.15, 0.2) is 102 Å². The van der Waals surface area contributed by atoms with Crippen LogP contribution < -0.4 is 16.4 Å². The molecule has 41 heavy (non-hydrogen) atoms. The number of para-hydroxylation sites is 1. The van der Waals surface area contributed by atoms with E-state index in [4.69, 9.17) is 10.7 Å². The molecule has 5 rings (SSSR count). The Morgan fingerprint density at radius 2 is 1.56 bits per heavy atom. The summed E-state index contributed by atoms with van der Waals surface area (Å²) in [5.74, 6) is -0.347. The molecule has 7 nitrogen and oxygen atoms in total. The van der Waals surface area contributed by atoms with Gasteiger partial charge in [-0.05, 0) is 79.4 Å². The second-order valence-corrected chi connectivity index (χ2v) is 10.5. The van der Waals surface area contributed by atoms with Crippen LogP contribution in [0.3, 0.4) is 0 Å². The standard InChI is InChI=1S/C34H35N5O2/c1-23(33(40)39-29-15-12-24(13-16-29)25-18-20-36-21-19-25)37-34(41)27-14-17-30(31(35)22-27)32(26-8-4-2-5-9-26)38-28-10-6-3-7-11-28/h3,6-7,10-23,26H,2,4-5,8-9,35H2,1H3,(H,37,41)(H,39,40). The normalized spacial score (nSPS) is 14.7. The highest BCUT2D eigenvalue weighted by Gasteiger charge is 2.24. The van der Waals surface area contributed by atoms with Crippen molar-refractivity contribution >= 4 is 34.6 Å². The van der Waals surface area contributed by atoms with E-state index in [2.05, 4.69) is 15.6 Å². The number of hydrogen-bond donors (Lipinski definition) is 3. The van der Waals surface area contributed by atoms with Crippen molar-refractivity contribution in [2.75, 3.05) is 11.1 Å². The van der Waals surface area contributed by atoms with Crippen molar-refractivity contribution in [3.05, 3.63) is 108 Å². The number of nitrogens with two attached hydrogens (primary N) is 1. The first kappa shape index (κ1) is 27.8. The highest BCUT2D eigenvalue weighted by molar-refractivity contribution is 6.09.